The molecule has 0 fully saturated rings. The van der Waals surface area contributed by atoms with Crippen molar-refractivity contribution in [1.82, 2.24) is 10.0 Å². The molecule has 0 unspecified atom stereocenters. The van der Waals surface area contributed by atoms with Gasteiger partial charge in [-0.25, -0.2) is 13.1 Å². The monoisotopic (exact) mass is 358 g/mol. The number of fused-ring (bicyclic) bond motifs is 1. The van der Waals surface area contributed by atoms with Crippen LogP contribution in [0.2, 0.25) is 0 Å². The minimum absolute atomic E-state index is 0.0767. The van der Waals surface area contributed by atoms with Crippen LogP contribution in [0.25, 0.3) is 0 Å². The average Bonchev–Trinajstić information content (AvgIpc) is 3.09. The molecular weight excluding hydrogens is 336 g/mol. The van der Waals surface area contributed by atoms with Crippen LogP contribution in [0.3, 0.4) is 0 Å². The van der Waals surface area contributed by atoms with Crippen LogP contribution in [0.15, 0.2) is 47.4 Å². The van der Waals surface area contributed by atoms with Gasteiger partial charge >= 0.3 is 0 Å². The van der Waals surface area contributed by atoms with Crippen LogP contribution >= 0.6 is 0 Å². The molecular formula is C19H22N2O3S. The molecule has 6 heteroatoms. The van der Waals surface area contributed by atoms with Gasteiger partial charge in [-0.2, -0.15) is 0 Å². The van der Waals surface area contributed by atoms with Crippen molar-refractivity contribution < 1.29 is 13.2 Å². The zero-order valence-corrected chi connectivity index (χ0v) is 15.2. The predicted octanol–water partition coefficient (Wildman–Crippen LogP) is 2.57. The number of hydrogen-bond donors (Lipinski definition) is 2. The Morgan fingerprint density at radius 1 is 1.08 bits per heavy atom. The lowest BCUT2D eigenvalue weighted by atomic mass is 10.0. The Kier molecular flexibility index (Phi) is 4.92. The second-order valence-electron chi connectivity index (χ2n) is 6.31. The molecule has 3 rings (SSSR count). The topological polar surface area (TPSA) is 75.3 Å². The molecule has 0 saturated heterocycles. The molecule has 5 nitrogen and oxygen atoms in total. The van der Waals surface area contributed by atoms with Crippen LogP contribution in [0.1, 0.15) is 46.4 Å². The molecule has 0 spiro atoms. The van der Waals surface area contributed by atoms with Gasteiger partial charge in [0, 0.05) is 5.56 Å². The van der Waals surface area contributed by atoms with E-state index < -0.39 is 10.0 Å². The first kappa shape index (κ1) is 17.6. The van der Waals surface area contributed by atoms with E-state index in [4.69, 9.17) is 0 Å². The van der Waals surface area contributed by atoms with Gasteiger partial charge in [0.2, 0.25) is 10.0 Å². The summed E-state index contributed by atoms with van der Waals surface area (Å²) in [5.41, 5.74) is 4.14. The van der Waals surface area contributed by atoms with E-state index in [1.165, 1.54) is 36.7 Å². The highest BCUT2D eigenvalue weighted by Gasteiger charge is 2.17. The Morgan fingerprint density at radius 3 is 2.60 bits per heavy atom. The maximum absolute atomic E-state index is 12.5. The third-order valence-corrected chi connectivity index (χ3v) is 6.06. The second-order valence-corrected chi connectivity index (χ2v) is 8.20. The molecule has 0 radical (unpaired) electrons. The number of sulfonamides is 1. The first-order valence-corrected chi connectivity index (χ1v) is 9.85. The van der Waals surface area contributed by atoms with Crippen LogP contribution < -0.4 is 10.0 Å². The van der Waals surface area contributed by atoms with Gasteiger partial charge in [0.05, 0.1) is 10.9 Å². The summed E-state index contributed by atoms with van der Waals surface area (Å²) in [4.78, 5) is 12.6. The van der Waals surface area contributed by atoms with Crippen LogP contribution in [0.4, 0.5) is 0 Å². The van der Waals surface area contributed by atoms with Gasteiger partial charge in [0.1, 0.15) is 0 Å². The van der Waals surface area contributed by atoms with Crippen molar-refractivity contribution in [2.45, 2.75) is 37.1 Å². The number of aryl methyl sites for hydroxylation is 2. The molecule has 1 aliphatic carbocycles. The lowest BCUT2D eigenvalue weighted by Gasteiger charge is -2.16. The van der Waals surface area contributed by atoms with Crippen molar-refractivity contribution in [3.63, 3.8) is 0 Å². The number of amides is 1. The van der Waals surface area contributed by atoms with E-state index in [9.17, 15) is 13.2 Å². The van der Waals surface area contributed by atoms with Crippen LogP contribution in [0.5, 0.6) is 0 Å². The molecule has 2 N–H and O–H groups in total. The molecule has 0 heterocycles. The van der Waals surface area contributed by atoms with E-state index in [0.29, 0.717) is 5.56 Å². The summed E-state index contributed by atoms with van der Waals surface area (Å²) in [6, 6.07) is 12.2. The molecule has 1 aliphatic rings. The minimum atomic E-state index is -3.57. The van der Waals surface area contributed by atoms with Gasteiger partial charge < -0.3 is 5.32 Å². The second kappa shape index (κ2) is 6.98. The summed E-state index contributed by atoms with van der Waals surface area (Å²) in [7, 11) is -2.23. The largest absolute Gasteiger partial charge is 0.346 e. The zero-order chi connectivity index (χ0) is 18.0. The number of rotatable bonds is 5. The molecule has 0 aliphatic heterocycles. The Morgan fingerprint density at radius 2 is 1.84 bits per heavy atom. The first-order valence-electron chi connectivity index (χ1n) is 8.37. The summed E-state index contributed by atoms with van der Waals surface area (Å²) in [6.45, 7) is 1.93. The lowest BCUT2D eigenvalue weighted by Crippen LogP contribution is -2.27. The molecule has 2 aromatic rings. The Hall–Kier alpha value is -2.18. The highest BCUT2D eigenvalue weighted by molar-refractivity contribution is 7.89. The summed E-state index contributed by atoms with van der Waals surface area (Å²) in [6.07, 6.45) is 3.41. The molecule has 25 heavy (non-hydrogen) atoms. The Balaban J connectivity index is 1.77. The highest BCUT2D eigenvalue weighted by Crippen LogP contribution is 2.25. The van der Waals surface area contributed by atoms with Crippen molar-refractivity contribution >= 4 is 15.9 Å². The van der Waals surface area contributed by atoms with Gasteiger partial charge in [-0.15, -0.1) is 0 Å². The van der Waals surface area contributed by atoms with Gasteiger partial charge in [-0.1, -0.05) is 24.3 Å². The molecule has 132 valence electrons. The normalized spacial score (nSPS) is 14.8. The van der Waals surface area contributed by atoms with Gasteiger partial charge in [0.15, 0.2) is 0 Å². The van der Waals surface area contributed by atoms with E-state index in [2.05, 4.69) is 28.2 Å². The van der Waals surface area contributed by atoms with E-state index in [1.54, 1.807) is 12.1 Å². The third-order valence-electron chi connectivity index (χ3n) is 4.65. The average molecular weight is 358 g/mol. The molecule has 0 bridgehead atoms. The minimum Gasteiger partial charge on any atom is -0.346 e. The number of nitrogens with one attached hydrogen (secondary N) is 2. The first-order chi connectivity index (χ1) is 11.9. The Labute approximate surface area is 148 Å². The summed E-state index contributed by atoms with van der Waals surface area (Å²) in [5, 5.41) is 2.95. The van der Waals surface area contributed by atoms with Crippen molar-refractivity contribution in [3.8, 4) is 0 Å². The molecule has 2 aromatic carbocycles. The molecule has 0 aromatic heterocycles. The maximum Gasteiger partial charge on any atom is 0.251 e. The fourth-order valence-electron chi connectivity index (χ4n) is 3.15. The number of carbonyl (C=O) groups excluding carboxylic acids is 1. The molecule has 1 amide bonds. The molecule has 0 saturated carbocycles. The third kappa shape index (κ3) is 3.75. The standard InChI is InChI=1S/C19H22N2O3S/c1-13(15-10-9-14-5-3-6-16(14)11-15)21-19(22)17-7-4-8-18(12-17)25(23,24)20-2/h4,7-13,20H,3,5-6H2,1-2H3,(H,21,22)/t13-/m0/s1. The van der Waals surface area contributed by atoms with Gasteiger partial charge in [0.25, 0.3) is 5.91 Å². The van der Waals surface area contributed by atoms with E-state index in [1.807, 2.05) is 6.92 Å². The van der Waals surface area contributed by atoms with Crippen molar-refractivity contribution in [3.05, 3.63) is 64.7 Å². The van der Waals surface area contributed by atoms with Crippen molar-refractivity contribution in [2.24, 2.45) is 0 Å². The maximum atomic E-state index is 12.5. The quantitative estimate of drug-likeness (QED) is 0.863. The van der Waals surface area contributed by atoms with E-state index >= 15 is 0 Å². The number of carbonyl (C=O) groups is 1. The number of hydrogen-bond acceptors (Lipinski definition) is 3. The number of benzene rings is 2. The van der Waals surface area contributed by atoms with Crippen molar-refractivity contribution in [2.75, 3.05) is 7.05 Å². The smallest absolute Gasteiger partial charge is 0.251 e. The SMILES string of the molecule is CNS(=O)(=O)c1cccc(C(=O)N[C@@H](C)c2ccc3c(c2)CCC3)c1. The van der Waals surface area contributed by atoms with Crippen LogP contribution in [0, 0.1) is 0 Å². The van der Waals surface area contributed by atoms with Crippen LogP contribution in [-0.2, 0) is 22.9 Å². The summed E-state index contributed by atoms with van der Waals surface area (Å²) >= 11 is 0. The van der Waals surface area contributed by atoms with Gasteiger partial charge in [-0.3, -0.25) is 4.79 Å². The van der Waals surface area contributed by atoms with Gasteiger partial charge in [-0.05, 0) is 68.1 Å². The van der Waals surface area contributed by atoms with E-state index in [-0.39, 0.29) is 16.8 Å². The lowest BCUT2D eigenvalue weighted by molar-refractivity contribution is 0.0939. The van der Waals surface area contributed by atoms with Crippen LogP contribution in [-0.4, -0.2) is 21.4 Å². The molecule has 1 atom stereocenters. The summed E-state index contributed by atoms with van der Waals surface area (Å²) in [5.74, 6) is -0.291. The van der Waals surface area contributed by atoms with E-state index in [0.717, 1.165) is 18.4 Å². The zero-order valence-electron chi connectivity index (χ0n) is 14.4. The summed E-state index contributed by atoms with van der Waals surface area (Å²) < 4.78 is 26.0. The predicted molar refractivity (Wildman–Crippen MR) is 97.0 cm³/mol. The fraction of sp³-hybridized carbons (Fsp3) is 0.316. The Bertz CT molecular complexity index is 907. The fourth-order valence-corrected chi connectivity index (χ4v) is 3.92. The highest BCUT2D eigenvalue weighted by atomic mass is 32.2. The van der Waals surface area contributed by atoms with Crippen molar-refractivity contribution in [1.29, 1.82) is 0 Å².